The standard InChI is InChI=1S/C9H19N5O2S/c1-7(14(2)3)5-12-17(15,16)9-8(4-10)6-11-13-9/h6-7,12H,4-5,10H2,1-3H3,(H,11,13). The molecule has 0 aliphatic carbocycles. The number of rotatable bonds is 6. The Morgan fingerprint density at radius 1 is 1.59 bits per heavy atom. The summed E-state index contributed by atoms with van der Waals surface area (Å²) in [5.74, 6) is 0. The average Bonchev–Trinajstić information content (AvgIpc) is 2.74. The van der Waals surface area contributed by atoms with Gasteiger partial charge >= 0.3 is 0 Å². The monoisotopic (exact) mass is 261 g/mol. The smallest absolute Gasteiger partial charge is 0.257 e. The van der Waals surface area contributed by atoms with Gasteiger partial charge in [-0.1, -0.05) is 0 Å². The summed E-state index contributed by atoms with van der Waals surface area (Å²) in [6, 6.07) is 0.106. The van der Waals surface area contributed by atoms with E-state index in [4.69, 9.17) is 5.73 Å². The molecule has 98 valence electrons. The predicted octanol–water partition coefficient (Wildman–Crippen LogP) is -0.903. The average molecular weight is 261 g/mol. The van der Waals surface area contributed by atoms with Crippen LogP contribution in [0.5, 0.6) is 0 Å². The van der Waals surface area contributed by atoms with Crippen molar-refractivity contribution in [3.63, 3.8) is 0 Å². The first-order valence-electron chi connectivity index (χ1n) is 5.27. The molecule has 1 aromatic heterocycles. The van der Waals surface area contributed by atoms with Crippen LogP contribution in [-0.2, 0) is 16.6 Å². The van der Waals surface area contributed by atoms with Crippen LogP contribution in [-0.4, -0.2) is 50.2 Å². The molecular formula is C9H19N5O2S. The van der Waals surface area contributed by atoms with Crippen molar-refractivity contribution in [1.82, 2.24) is 19.8 Å². The lowest BCUT2D eigenvalue weighted by Gasteiger charge is -2.19. The molecule has 1 heterocycles. The molecule has 8 heteroatoms. The van der Waals surface area contributed by atoms with Gasteiger partial charge in [0.1, 0.15) is 0 Å². The maximum atomic E-state index is 11.9. The fourth-order valence-corrected chi connectivity index (χ4v) is 2.42. The molecule has 1 unspecified atom stereocenters. The zero-order chi connectivity index (χ0) is 13.1. The highest BCUT2D eigenvalue weighted by Gasteiger charge is 2.20. The van der Waals surface area contributed by atoms with Crippen LogP contribution in [0.3, 0.4) is 0 Å². The molecule has 0 spiro atoms. The lowest BCUT2D eigenvalue weighted by Crippen LogP contribution is -2.38. The van der Waals surface area contributed by atoms with Crippen LogP contribution in [0.15, 0.2) is 11.2 Å². The molecule has 1 atom stereocenters. The lowest BCUT2D eigenvalue weighted by molar-refractivity contribution is 0.313. The fraction of sp³-hybridized carbons (Fsp3) is 0.667. The highest BCUT2D eigenvalue weighted by molar-refractivity contribution is 7.89. The second kappa shape index (κ2) is 5.58. The van der Waals surface area contributed by atoms with Gasteiger partial charge in [0.2, 0.25) is 0 Å². The molecule has 1 aromatic rings. The summed E-state index contributed by atoms with van der Waals surface area (Å²) in [7, 11) is 0.216. The van der Waals surface area contributed by atoms with Crippen LogP contribution in [0.25, 0.3) is 0 Å². The van der Waals surface area contributed by atoms with Crippen LogP contribution >= 0.6 is 0 Å². The number of nitrogens with zero attached hydrogens (tertiary/aromatic N) is 2. The van der Waals surface area contributed by atoms with Crippen molar-refractivity contribution in [2.24, 2.45) is 5.73 Å². The number of hydrogen-bond acceptors (Lipinski definition) is 5. The molecular weight excluding hydrogens is 242 g/mol. The van der Waals surface area contributed by atoms with Gasteiger partial charge in [-0.05, 0) is 21.0 Å². The summed E-state index contributed by atoms with van der Waals surface area (Å²) < 4.78 is 26.4. The summed E-state index contributed by atoms with van der Waals surface area (Å²) in [6.07, 6.45) is 1.42. The van der Waals surface area contributed by atoms with E-state index < -0.39 is 10.0 Å². The van der Waals surface area contributed by atoms with E-state index in [2.05, 4.69) is 14.9 Å². The van der Waals surface area contributed by atoms with Crippen molar-refractivity contribution < 1.29 is 8.42 Å². The Balaban J connectivity index is 2.76. The molecule has 1 rings (SSSR count). The predicted molar refractivity (Wildman–Crippen MR) is 64.8 cm³/mol. The number of sulfonamides is 1. The topological polar surface area (TPSA) is 104 Å². The van der Waals surface area contributed by atoms with Crippen LogP contribution in [0, 0.1) is 0 Å². The first-order chi connectivity index (χ1) is 7.88. The first kappa shape index (κ1) is 14.1. The van der Waals surface area contributed by atoms with E-state index in [1.807, 2.05) is 25.9 Å². The number of nitrogens with one attached hydrogen (secondary N) is 2. The Kier molecular flexibility index (Phi) is 4.63. The summed E-state index contributed by atoms with van der Waals surface area (Å²) in [4.78, 5) is 1.93. The highest BCUT2D eigenvalue weighted by Crippen LogP contribution is 2.10. The normalized spacial score (nSPS) is 14.2. The third kappa shape index (κ3) is 3.50. The molecule has 7 nitrogen and oxygen atoms in total. The fourth-order valence-electron chi connectivity index (χ4n) is 1.16. The Labute approximate surface area is 101 Å². The zero-order valence-electron chi connectivity index (χ0n) is 10.3. The largest absolute Gasteiger partial charge is 0.326 e. The third-order valence-electron chi connectivity index (χ3n) is 2.62. The van der Waals surface area contributed by atoms with Crippen molar-refractivity contribution in [2.45, 2.75) is 24.5 Å². The van der Waals surface area contributed by atoms with Gasteiger partial charge in [-0.2, -0.15) is 5.10 Å². The van der Waals surface area contributed by atoms with Gasteiger partial charge in [0, 0.05) is 24.7 Å². The van der Waals surface area contributed by atoms with Crippen LogP contribution in [0.2, 0.25) is 0 Å². The summed E-state index contributed by atoms with van der Waals surface area (Å²) in [5, 5.41) is 6.19. The van der Waals surface area contributed by atoms with Crippen LogP contribution in [0.4, 0.5) is 0 Å². The van der Waals surface area contributed by atoms with E-state index in [0.29, 0.717) is 12.1 Å². The van der Waals surface area contributed by atoms with Crippen molar-refractivity contribution in [2.75, 3.05) is 20.6 Å². The second-order valence-electron chi connectivity index (χ2n) is 4.09. The van der Waals surface area contributed by atoms with Gasteiger partial charge in [0.05, 0.1) is 6.20 Å². The van der Waals surface area contributed by atoms with Gasteiger partial charge in [0.15, 0.2) is 5.03 Å². The highest BCUT2D eigenvalue weighted by atomic mass is 32.2. The van der Waals surface area contributed by atoms with Crippen LogP contribution in [0.1, 0.15) is 12.5 Å². The molecule has 0 radical (unpaired) electrons. The summed E-state index contributed by atoms with van der Waals surface area (Å²) >= 11 is 0. The van der Waals surface area contributed by atoms with Gasteiger partial charge in [-0.3, -0.25) is 5.10 Å². The minimum atomic E-state index is -3.56. The number of aromatic amines is 1. The minimum Gasteiger partial charge on any atom is -0.326 e. The molecule has 0 aliphatic rings. The number of nitrogens with two attached hydrogens (primary N) is 1. The number of likely N-dealkylation sites (N-methyl/N-ethyl adjacent to an activating group) is 1. The minimum absolute atomic E-state index is 0.0472. The zero-order valence-corrected chi connectivity index (χ0v) is 11.1. The van der Waals surface area contributed by atoms with E-state index in [1.165, 1.54) is 6.20 Å². The number of aromatic nitrogens is 2. The molecule has 0 saturated heterocycles. The van der Waals surface area contributed by atoms with E-state index in [0.717, 1.165) is 0 Å². The molecule has 4 N–H and O–H groups in total. The number of H-pyrrole nitrogens is 1. The van der Waals surface area contributed by atoms with Crippen molar-refractivity contribution in [3.05, 3.63) is 11.8 Å². The van der Waals surface area contributed by atoms with Crippen molar-refractivity contribution >= 4 is 10.0 Å². The molecule has 0 amide bonds. The van der Waals surface area contributed by atoms with E-state index in [1.54, 1.807) is 0 Å². The molecule has 0 aliphatic heterocycles. The SMILES string of the molecule is CC(CNS(=O)(=O)c1[nH]ncc1CN)N(C)C. The molecule has 0 fully saturated rings. The second-order valence-corrected chi connectivity index (χ2v) is 5.80. The first-order valence-corrected chi connectivity index (χ1v) is 6.75. The molecule has 0 bridgehead atoms. The van der Waals surface area contributed by atoms with Gasteiger partial charge in [0.25, 0.3) is 10.0 Å². The molecule has 0 saturated carbocycles. The maximum absolute atomic E-state index is 11.9. The van der Waals surface area contributed by atoms with E-state index >= 15 is 0 Å². The van der Waals surface area contributed by atoms with Crippen LogP contribution < -0.4 is 10.5 Å². The van der Waals surface area contributed by atoms with E-state index in [9.17, 15) is 8.42 Å². The van der Waals surface area contributed by atoms with Gasteiger partial charge in [-0.25, -0.2) is 13.1 Å². The molecule has 17 heavy (non-hydrogen) atoms. The van der Waals surface area contributed by atoms with E-state index in [-0.39, 0.29) is 17.6 Å². The quantitative estimate of drug-likeness (QED) is 0.615. The van der Waals surface area contributed by atoms with Gasteiger partial charge in [-0.15, -0.1) is 0 Å². The summed E-state index contributed by atoms with van der Waals surface area (Å²) in [6.45, 7) is 2.40. The lowest BCUT2D eigenvalue weighted by atomic mass is 10.3. The summed E-state index contributed by atoms with van der Waals surface area (Å²) in [5.41, 5.74) is 5.92. The third-order valence-corrected chi connectivity index (χ3v) is 4.05. The Morgan fingerprint density at radius 2 is 2.24 bits per heavy atom. The van der Waals surface area contributed by atoms with Crippen molar-refractivity contribution in [1.29, 1.82) is 0 Å². The van der Waals surface area contributed by atoms with Crippen molar-refractivity contribution in [3.8, 4) is 0 Å². The Bertz CT molecular complexity index is 454. The molecule has 0 aromatic carbocycles. The maximum Gasteiger partial charge on any atom is 0.257 e. The Morgan fingerprint density at radius 3 is 2.76 bits per heavy atom. The van der Waals surface area contributed by atoms with Gasteiger partial charge < -0.3 is 10.6 Å². The Hall–Kier alpha value is -0.960. The number of hydrogen-bond donors (Lipinski definition) is 3.